The Bertz CT molecular complexity index is 1240. The highest BCUT2D eigenvalue weighted by atomic mass is 79.9. The first-order valence-corrected chi connectivity index (χ1v) is 9.65. The Morgan fingerprint density at radius 1 is 1.00 bits per heavy atom. The van der Waals surface area contributed by atoms with Crippen molar-refractivity contribution in [1.82, 2.24) is 4.98 Å². The molecule has 29 heavy (non-hydrogen) atoms. The first-order chi connectivity index (χ1) is 13.9. The number of halogens is 3. The van der Waals surface area contributed by atoms with Gasteiger partial charge in [-0.25, -0.2) is 13.8 Å². The fourth-order valence-corrected chi connectivity index (χ4v) is 3.64. The second-order valence-corrected chi connectivity index (χ2v) is 7.48. The Morgan fingerprint density at radius 3 is 2.48 bits per heavy atom. The molecule has 4 aromatic rings. The summed E-state index contributed by atoms with van der Waals surface area (Å²) in [7, 11) is 0. The van der Waals surface area contributed by atoms with Gasteiger partial charge in [-0.3, -0.25) is 4.79 Å². The van der Waals surface area contributed by atoms with E-state index in [9.17, 15) is 13.6 Å². The molecule has 0 aliphatic heterocycles. The molecule has 0 fully saturated rings. The number of pyridine rings is 1. The summed E-state index contributed by atoms with van der Waals surface area (Å²) in [6, 6.07) is 18.0. The minimum absolute atomic E-state index is 0.0861. The van der Waals surface area contributed by atoms with Gasteiger partial charge in [0.05, 0.1) is 22.5 Å². The molecule has 3 aromatic carbocycles. The number of nitrogens with zero attached hydrogens (tertiary/aromatic N) is 1. The predicted octanol–water partition coefficient (Wildman–Crippen LogP) is 6.50. The summed E-state index contributed by atoms with van der Waals surface area (Å²) in [6.45, 7) is 1.81. The molecular formula is C23H15BrF2N2O. The molecule has 0 bridgehead atoms. The number of nitrogens with one attached hydrogen (secondary N) is 1. The van der Waals surface area contributed by atoms with Crippen LogP contribution in [-0.4, -0.2) is 10.9 Å². The van der Waals surface area contributed by atoms with E-state index in [-0.39, 0.29) is 5.69 Å². The lowest BCUT2D eigenvalue weighted by atomic mass is 9.97. The van der Waals surface area contributed by atoms with Crippen molar-refractivity contribution in [3.8, 4) is 11.3 Å². The Kier molecular flexibility index (Phi) is 5.11. The molecule has 0 spiro atoms. The van der Waals surface area contributed by atoms with E-state index < -0.39 is 17.5 Å². The fourth-order valence-electron chi connectivity index (χ4n) is 3.28. The van der Waals surface area contributed by atoms with Crippen LogP contribution in [0.5, 0.6) is 0 Å². The number of hydrogen-bond donors (Lipinski definition) is 1. The van der Waals surface area contributed by atoms with Crippen molar-refractivity contribution in [1.29, 1.82) is 0 Å². The summed E-state index contributed by atoms with van der Waals surface area (Å²) in [6.07, 6.45) is 0. The largest absolute Gasteiger partial charge is 0.319 e. The summed E-state index contributed by atoms with van der Waals surface area (Å²) in [5.74, 6) is -2.03. The number of amides is 1. The lowest BCUT2D eigenvalue weighted by Crippen LogP contribution is -2.16. The van der Waals surface area contributed by atoms with Gasteiger partial charge in [-0.1, -0.05) is 46.3 Å². The van der Waals surface area contributed by atoms with Crippen molar-refractivity contribution in [2.24, 2.45) is 0 Å². The molecule has 3 nitrogen and oxygen atoms in total. The molecule has 1 heterocycles. The fraction of sp³-hybridized carbons (Fsp3) is 0.0435. The van der Waals surface area contributed by atoms with Gasteiger partial charge < -0.3 is 5.32 Å². The molecule has 6 heteroatoms. The van der Waals surface area contributed by atoms with Crippen LogP contribution in [0.4, 0.5) is 14.5 Å². The van der Waals surface area contributed by atoms with E-state index in [2.05, 4.69) is 21.2 Å². The second kappa shape index (κ2) is 7.72. The third-order valence-electron chi connectivity index (χ3n) is 4.64. The smallest absolute Gasteiger partial charge is 0.256 e. The van der Waals surface area contributed by atoms with Crippen LogP contribution in [0.15, 0.2) is 71.2 Å². The van der Waals surface area contributed by atoms with Crippen LogP contribution in [0.3, 0.4) is 0 Å². The number of carbonyl (C=O) groups excluding carboxylic acids is 1. The molecule has 0 atom stereocenters. The zero-order valence-electron chi connectivity index (χ0n) is 15.3. The zero-order chi connectivity index (χ0) is 20.5. The predicted molar refractivity (Wildman–Crippen MR) is 114 cm³/mol. The number of carbonyl (C=O) groups is 1. The van der Waals surface area contributed by atoms with E-state index in [0.29, 0.717) is 27.7 Å². The molecule has 0 radical (unpaired) electrons. The highest BCUT2D eigenvalue weighted by Gasteiger charge is 2.20. The summed E-state index contributed by atoms with van der Waals surface area (Å²) in [5.41, 5.74) is 3.15. The maximum Gasteiger partial charge on any atom is 0.256 e. The average Bonchev–Trinajstić information content (AvgIpc) is 2.70. The van der Waals surface area contributed by atoms with E-state index in [1.165, 1.54) is 6.07 Å². The van der Waals surface area contributed by atoms with Crippen molar-refractivity contribution in [2.45, 2.75) is 6.92 Å². The lowest BCUT2D eigenvalue weighted by Gasteiger charge is -2.15. The monoisotopic (exact) mass is 452 g/mol. The van der Waals surface area contributed by atoms with Crippen LogP contribution < -0.4 is 5.32 Å². The maximum absolute atomic E-state index is 14.1. The molecule has 144 valence electrons. The molecular weight excluding hydrogens is 438 g/mol. The van der Waals surface area contributed by atoms with Crippen LogP contribution in [0.1, 0.15) is 15.9 Å². The third kappa shape index (κ3) is 3.76. The summed E-state index contributed by atoms with van der Waals surface area (Å²) < 4.78 is 28.1. The lowest BCUT2D eigenvalue weighted by molar-refractivity contribution is 0.102. The van der Waals surface area contributed by atoms with Gasteiger partial charge in [0, 0.05) is 21.5 Å². The van der Waals surface area contributed by atoms with Crippen molar-refractivity contribution < 1.29 is 13.6 Å². The van der Waals surface area contributed by atoms with Gasteiger partial charge in [-0.05, 0) is 42.8 Å². The van der Waals surface area contributed by atoms with Crippen LogP contribution in [0.25, 0.3) is 22.2 Å². The Labute approximate surface area is 174 Å². The minimum Gasteiger partial charge on any atom is -0.319 e. The standard InChI is InChI=1S/C23H15BrF2N2O/c1-13-21(23(29)28-20-10-8-16(25)12-18(20)26)17-11-15(24)7-9-19(17)27-22(13)14-5-3-2-4-6-14/h2-12H,1H3,(H,28,29). The quantitative estimate of drug-likeness (QED) is 0.385. The number of anilines is 1. The first kappa shape index (κ1) is 19.2. The van der Waals surface area contributed by atoms with E-state index in [1.54, 1.807) is 6.07 Å². The molecule has 0 saturated heterocycles. The number of aromatic nitrogens is 1. The van der Waals surface area contributed by atoms with E-state index in [4.69, 9.17) is 4.98 Å². The van der Waals surface area contributed by atoms with Gasteiger partial charge in [0.25, 0.3) is 5.91 Å². The van der Waals surface area contributed by atoms with Gasteiger partial charge >= 0.3 is 0 Å². The molecule has 0 aliphatic carbocycles. The van der Waals surface area contributed by atoms with Gasteiger partial charge in [0.15, 0.2) is 0 Å². The topological polar surface area (TPSA) is 42.0 Å². The maximum atomic E-state index is 14.1. The van der Waals surface area contributed by atoms with Gasteiger partial charge in [0.1, 0.15) is 11.6 Å². The van der Waals surface area contributed by atoms with Crippen LogP contribution in [-0.2, 0) is 0 Å². The van der Waals surface area contributed by atoms with Gasteiger partial charge in [-0.2, -0.15) is 0 Å². The summed E-state index contributed by atoms with van der Waals surface area (Å²) >= 11 is 3.43. The van der Waals surface area contributed by atoms with E-state index in [0.717, 1.165) is 22.2 Å². The molecule has 4 rings (SSSR count). The zero-order valence-corrected chi connectivity index (χ0v) is 16.9. The Balaban J connectivity index is 1.90. The van der Waals surface area contributed by atoms with Gasteiger partial charge in [0.2, 0.25) is 0 Å². The van der Waals surface area contributed by atoms with Crippen LogP contribution >= 0.6 is 15.9 Å². The van der Waals surface area contributed by atoms with Gasteiger partial charge in [-0.15, -0.1) is 0 Å². The molecule has 1 N–H and O–H groups in total. The van der Waals surface area contributed by atoms with E-state index in [1.807, 2.05) is 49.4 Å². The van der Waals surface area contributed by atoms with Crippen molar-refractivity contribution >= 4 is 38.4 Å². The molecule has 0 aliphatic rings. The number of fused-ring (bicyclic) bond motifs is 1. The molecule has 1 amide bonds. The van der Waals surface area contributed by atoms with Crippen LogP contribution in [0, 0.1) is 18.6 Å². The number of rotatable bonds is 3. The minimum atomic E-state index is -0.834. The Hall–Kier alpha value is -3.12. The normalized spacial score (nSPS) is 10.9. The average molecular weight is 453 g/mol. The first-order valence-electron chi connectivity index (χ1n) is 8.86. The molecule has 1 aromatic heterocycles. The highest BCUT2D eigenvalue weighted by molar-refractivity contribution is 9.10. The third-order valence-corrected chi connectivity index (χ3v) is 5.14. The van der Waals surface area contributed by atoms with E-state index >= 15 is 0 Å². The number of hydrogen-bond acceptors (Lipinski definition) is 2. The van der Waals surface area contributed by atoms with Crippen molar-refractivity contribution in [3.05, 3.63) is 94.0 Å². The van der Waals surface area contributed by atoms with Crippen LogP contribution in [0.2, 0.25) is 0 Å². The second-order valence-electron chi connectivity index (χ2n) is 6.57. The SMILES string of the molecule is Cc1c(-c2ccccc2)nc2ccc(Br)cc2c1C(=O)Nc1ccc(F)cc1F. The summed E-state index contributed by atoms with van der Waals surface area (Å²) in [4.78, 5) is 17.9. The molecule has 0 saturated carbocycles. The van der Waals surface area contributed by atoms with Crippen molar-refractivity contribution in [2.75, 3.05) is 5.32 Å². The van der Waals surface area contributed by atoms with Crippen molar-refractivity contribution in [3.63, 3.8) is 0 Å². The summed E-state index contributed by atoms with van der Waals surface area (Å²) in [5, 5.41) is 3.20. The Morgan fingerprint density at radius 2 is 1.76 bits per heavy atom. The highest BCUT2D eigenvalue weighted by Crippen LogP contribution is 2.32. The number of benzene rings is 3. The molecule has 0 unspecified atom stereocenters.